The third-order valence-corrected chi connectivity index (χ3v) is 2.71. The molecule has 0 amide bonds. The highest BCUT2D eigenvalue weighted by Gasteiger charge is 2.17. The van der Waals surface area contributed by atoms with E-state index in [0.29, 0.717) is 18.3 Å². The quantitative estimate of drug-likeness (QED) is 0.823. The van der Waals surface area contributed by atoms with Gasteiger partial charge in [0, 0.05) is 0 Å². The summed E-state index contributed by atoms with van der Waals surface area (Å²) >= 11 is 0. The summed E-state index contributed by atoms with van der Waals surface area (Å²) in [5, 5.41) is 8.80. The highest BCUT2D eigenvalue weighted by atomic mass is 16.5. The molecular weight excluding hydrogens is 192 g/mol. The first kappa shape index (κ1) is 10.2. The van der Waals surface area contributed by atoms with Gasteiger partial charge in [0.05, 0.1) is 18.3 Å². The van der Waals surface area contributed by atoms with Crippen molar-refractivity contribution in [2.24, 2.45) is 0 Å². The molecule has 0 saturated heterocycles. The molecule has 15 heavy (non-hydrogen) atoms. The van der Waals surface area contributed by atoms with Gasteiger partial charge >= 0.3 is 5.97 Å². The largest absolute Gasteiger partial charge is 0.478 e. The average Bonchev–Trinajstić information content (AvgIpc) is 2.16. The van der Waals surface area contributed by atoms with Crippen LogP contribution >= 0.6 is 0 Å². The Morgan fingerprint density at radius 2 is 2.27 bits per heavy atom. The Morgan fingerprint density at radius 1 is 1.47 bits per heavy atom. The van der Waals surface area contributed by atoms with Gasteiger partial charge in [-0.25, -0.2) is 4.79 Å². The molecule has 1 saturated carbocycles. The first-order chi connectivity index (χ1) is 7.25. The summed E-state index contributed by atoms with van der Waals surface area (Å²) in [5.74, 6) is -0.888. The SMILES string of the molecule is O=C(O)c1cccc(COC2CCC2)c1. The number of carboxylic acid groups (broad SMARTS) is 1. The number of carbonyl (C=O) groups is 1. The zero-order valence-corrected chi connectivity index (χ0v) is 8.48. The smallest absolute Gasteiger partial charge is 0.335 e. The Labute approximate surface area is 88.7 Å². The summed E-state index contributed by atoms with van der Waals surface area (Å²) < 4.78 is 5.61. The van der Waals surface area contributed by atoms with E-state index in [1.165, 1.54) is 6.42 Å². The number of hydrogen-bond donors (Lipinski definition) is 1. The lowest BCUT2D eigenvalue weighted by molar-refractivity contribution is -0.00868. The summed E-state index contributed by atoms with van der Waals surface area (Å²) in [6.45, 7) is 0.520. The van der Waals surface area contributed by atoms with Crippen LogP contribution in [0, 0.1) is 0 Å². The van der Waals surface area contributed by atoms with Crippen molar-refractivity contribution in [3.8, 4) is 0 Å². The van der Waals surface area contributed by atoms with E-state index in [4.69, 9.17) is 9.84 Å². The van der Waals surface area contributed by atoms with Crippen molar-refractivity contribution in [3.63, 3.8) is 0 Å². The van der Waals surface area contributed by atoms with Crippen LogP contribution in [-0.2, 0) is 11.3 Å². The van der Waals surface area contributed by atoms with E-state index in [1.54, 1.807) is 18.2 Å². The Balaban J connectivity index is 1.94. The third kappa shape index (κ3) is 2.57. The maximum absolute atomic E-state index is 10.7. The first-order valence-corrected chi connectivity index (χ1v) is 5.19. The maximum atomic E-state index is 10.7. The zero-order valence-electron chi connectivity index (χ0n) is 8.48. The summed E-state index contributed by atoms with van der Waals surface area (Å²) in [6, 6.07) is 6.91. The highest BCUT2D eigenvalue weighted by Crippen LogP contribution is 2.23. The second-order valence-corrected chi connectivity index (χ2v) is 3.87. The molecule has 1 aromatic rings. The molecule has 3 nitrogen and oxygen atoms in total. The van der Waals surface area contributed by atoms with Crippen LogP contribution in [0.1, 0.15) is 35.2 Å². The van der Waals surface area contributed by atoms with Gasteiger partial charge in [-0.15, -0.1) is 0 Å². The minimum absolute atomic E-state index is 0.324. The van der Waals surface area contributed by atoms with E-state index < -0.39 is 5.97 Å². The van der Waals surface area contributed by atoms with Gasteiger partial charge in [0.15, 0.2) is 0 Å². The van der Waals surface area contributed by atoms with Crippen LogP contribution in [0.5, 0.6) is 0 Å². The van der Waals surface area contributed by atoms with Gasteiger partial charge in [-0.2, -0.15) is 0 Å². The van der Waals surface area contributed by atoms with Gasteiger partial charge in [0.1, 0.15) is 0 Å². The monoisotopic (exact) mass is 206 g/mol. The lowest BCUT2D eigenvalue weighted by Gasteiger charge is -2.25. The van der Waals surface area contributed by atoms with E-state index >= 15 is 0 Å². The average molecular weight is 206 g/mol. The molecule has 0 aliphatic heterocycles. The van der Waals surface area contributed by atoms with Crippen molar-refractivity contribution in [1.29, 1.82) is 0 Å². The molecule has 0 radical (unpaired) electrons. The number of carboxylic acids is 1. The van der Waals surface area contributed by atoms with E-state index in [1.807, 2.05) is 6.07 Å². The van der Waals surface area contributed by atoms with Crippen molar-refractivity contribution in [2.75, 3.05) is 0 Å². The van der Waals surface area contributed by atoms with Crippen molar-refractivity contribution >= 4 is 5.97 Å². The molecule has 3 heteroatoms. The summed E-state index contributed by atoms with van der Waals surface area (Å²) in [4.78, 5) is 10.7. The fourth-order valence-electron chi connectivity index (χ4n) is 1.55. The van der Waals surface area contributed by atoms with Gasteiger partial charge < -0.3 is 9.84 Å². The molecular formula is C12H14O3. The molecule has 0 spiro atoms. The van der Waals surface area contributed by atoms with Gasteiger partial charge in [-0.3, -0.25) is 0 Å². The van der Waals surface area contributed by atoms with E-state index in [9.17, 15) is 4.79 Å². The van der Waals surface area contributed by atoms with Crippen LogP contribution in [0.4, 0.5) is 0 Å². The molecule has 0 unspecified atom stereocenters. The van der Waals surface area contributed by atoms with Crippen molar-refractivity contribution in [2.45, 2.75) is 32.0 Å². The minimum atomic E-state index is -0.888. The molecule has 80 valence electrons. The van der Waals surface area contributed by atoms with Gasteiger partial charge in [-0.05, 0) is 37.0 Å². The fraction of sp³-hybridized carbons (Fsp3) is 0.417. The van der Waals surface area contributed by atoms with E-state index in [0.717, 1.165) is 18.4 Å². The normalized spacial score (nSPS) is 16.0. The number of hydrogen-bond acceptors (Lipinski definition) is 2. The molecule has 1 N–H and O–H groups in total. The molecule has 1 aliphatic carbocycles. The van der Waals surface area contributed by atoms with Crippen molar-refractivity contribution in [3.05, 3.63) is 35.4 Å². The van der Waals surface area contributed by atoms with Crippen molar-refractivity contribution in [1.82, 2.24) is 0 Å². The van der Waals surface area contributed by atoms with Gasteiger partial charge in [0.2, 0.25) is 0 Å². The standard InChI is InChI=1S/C12H14O3/c13-12(14)10-4-1-3-9(7-10)8-15-11-5-2-6-11/h1,3-4,7,11H,2,5-6,8H2,(H,13,14). The predicted molar refractivity (Wildman–Crippen MR) is 55.8 cm³/mol. The lowest BCUT2D eigenvalue weighted by atomic mass is 9.96. The minimum Gasteiger partial charge on any atom is -0.478 e. The van der Waals surface area contributed by atoms with Crippen LogP contribution in [0.2, 0.25) is 0 Å². The topological polar surface area (TPSA) is 46.5 Å². The highest BCUT2D eigenvalue weighted by molar-refractivity contribution is 5.87. The molecule has 0 atom stereocenters. The Morgan fingerprint density at radius 3 is 2.87 bits per heavy atom. The van der Waals surface area contributed by atoms with Gasteiger partial charge in [0.25, 0.3) is 0 Å². The van der Waals surface area contributed by atoms with Crippen LogP contribution in [0.15, 0.2) is 24.3 Å². The first-order valence-electron chi connectivity index (χ1n) is 5.19. The van der Waals surface area contributed by atoms with Crippen LogP contribution < -0.4 is 0 Å². The fourth-order valence-corrected chi connectivity index (χ4v) is 1.55. The molecule has 0 bridgehead atoms. The maximum Gasteiger partial charge on any atom is 0.335 e. The number of aromatic carboxylic acids is 1. The number of benzene rings is 1. The lowest BCUT2D eigenvalue weighted by Crippen LogP contribution is -2.21. The summed E-state index contributed by atoms with van der Waals surface area (Å²) in [5.41, 5.74) is 1.26. The molecule has 1 fully saturated rings. The van der Waals surface area contributed by atoms with Crippen LogP contribution in [0.3, 0.4) is 0 Å². The molecule has 1 aromatic carbocycles. The number of rotatable bonds is 4. The molecule has 2 rings (SSSR count). The summed E-state index contributed by atoms with van der Waals surface area (Å²) in [6.07, 6.45) is 3.91. The zero-order chi connectivity index (χ0) is 10.7. The second kappa shape index (κ2) is 4.45. The van der Waals surface area contributed by atoms with Crippen LogP contribution in [-0.4, -0.2) is 17.2 Å². The Hall–Kier alpha value is -1.35. The van der Waals surface area contributed by atoms with Crippen molar-refractivity contribution < 1.29 is 14.6 Å². The van der Waals surface area contributed by atoms with Crippen LogP contribution in [0.25, 0.3) is 0 Å². The Bertz CT molecular complexity index is 356. The van der Waals surface area contributed by atoms with E-state index in [2.05, 4.69) is 0 Å². The predicted octanol–water partition coefficient (Wildman–Crippen LogP) is 2.45. The summed E-state index contributed by atoms with van der Waals surface area (Å²) in [7, 11) is 0. The number of ether oxygens (including phenoxy) is 1. The van der Waals surface area contributed by atoms with Gasteiger partial charge in [-0.1, -0.05) is 12.1 Å². The third-order valence-electron chi connectivity index (χ3n) is 2.71. The van der Waals surface area contributed by atoms with E-state index in [-0.39, 0.29) is 0 Å². The second-order valence-electron chi connectivity index (χ2n) is 3.87. The molecule has 1 aliphatic rings. The Kier molecular flexibility index (Phi) is 3.02. The molecule has 0 aromatic heterocycles. The molecule has 0 heterocycles.